The van der Waals surface area contributed by atoms with Gasteiger partial charge in [0.2, 0.25) is 5.88 Å². The van der Waals surface area contributed by atoms with E-state index in [-0.39, 0.29) is 11.9 Å². The number of likely N-dealkylation sites (N-methyl/N-ethyl adjacent to an activating group) is 1. The monoisotopic (exact) mass is 590 g/mol. The minimum absolute atomic E-state index is 0.0961. The molecule has 1 fully saturated rings. The lowest BCUT2D eigenvalue weighted by molar-refractivity contribution is 0.102. The third-order valence-electron chi connectivity index (χ3n) is 8.09. The van der Waals surface area contributed by atoms with E-state index in [1.807, 2.05) is 41.9 Å². The van der Waals surface area contributed by atoms with Crippen LogP contribution in [0.4, 0.5) is 5.69 Å². The second kappa shape index (κ2) is 12.5. The van der Waals surface area contributed by atoms with Gasteiger partial charge in [-0.1, -0.05) is 12.1 Å². The molecule has 0 radical (unpaired) electrons. The number of aromatic nitrogens is 5. The van der Waals surface area contributed by atoms with Crippen LogP contribution in [0, 0.1) is 13.8 Å². The summed E-state index contributed by atoms with van der Waals surface area (Å²) in [7, 11) is 2.17. The zero-order valence-electron chi connectivity index (χ0n) is 25.9. The van der Waals surface area contributed by atoms with Gasteiger partial charge >= 0.3 is 0 Å². The van der Waals surface area contributed by atoms with Crippen molar-refractivity contribution in [1.82, 2.24) is 34.5 Å². The first kappa shape index (κ1) is 29.4. The van der Waals surface area contributed by atoms with Gasteiger partial charge in [-0.3, -0.25) is 14.7 Å². The second-order valence-electron chi connectivity index (χ2n) is 11.8. The standard InChI is InChI=1S/C34H38N8O2/c1-22(2)42-32-29(20-36-42)34(39-31(38-32)25-10-12-35-13-11-25)44-30-19-26(7-6-23(30)3)33(43)37-28-9-8-27(24(4)18-28)21-41-16-14-40(5)15-17-41/h6-13,18-20,22H,14-17,21H2,1-5H3,(H,37,43). The van der Waals surface area contributed by atoms with Crippen LogP contribution in [0.3, 0.4) is 0 Å². The van der Waals surface area contributed by atoms with Gasteiger partial charge in [0, 0.05) is 68.0 Å². The summed E-state index contributed by atoms with van der Waals surface area (Å²) in [5, 5.41) is 8.30. The van der Waals surface area contributed by atoms with Crippen LogP contribution in [0.25, 0.3) is 22.4 Å². The Hall–Kier alpha value is -4.67. The molecule has 2 aromatic carbocycles. The molecule has 1 N–H and O–H groups in total. The Balaban J connectivity index is 1.23. The number of nitrogens with one attached hydrogen (secondary N) is 1. The van der Waals surface area contributed by atoms with E-state index in [1.54, 1.807) is 30.7 Å². The fourth-order valence-electron chi connectivity index (χ4n) is 5.34. The third kappa shape index (κ3) is 6.31. The second-order valence-corrected chi connectivity index (χ2v) is 11.8. The molecule has 4 heterocycles. The topological polar surface area (TPSA) is 101 Å². The predicted octanol–water partition coefficient (Wildman–Crippen LogP) is 5.88. The molecule has 1 aliphatic rings. The van der Waals surface area contributed by atoms with Crippen molar-refractivity contribution in [3.8, 4) is 23.0 Å². The predicted molar refractivity (Wildman–Crippen MR) is 172 cm³/mol. The van der Waals surface area contributed by atoms with Crippen LogP contribution in [0.15, 0.2) is 67.1 Å². The average molecular weight is 591 g/mol. The summed E-state index contributed by atoms with van der Waals surface area (Å²) in [6.45, 7) is 13.4. The molecule has 0 unspecified atom stereocenters. The van der Waals surface area contributed by atoms with Crippen molar-refractivity contribution in [3.63, 3.8) is 0 Å². The molecular weight excluding hydrogens is 552 g/mol. The Morgan fingerprint density at radius 1 is 0.955 bits per heavy atom. The quantitative estimate of drug-likeness (QED) is 0.239. The van der Waals surface area contributed by atoms with Gasteiger partial charge in [-0.15, -0.1) is 0 Å². The Morgan fingerprint density at radius 2 is 1.73 bits per heavy atom. The number of ether oxygens (including phenoxy) is 1. The van der Waals surface area contributed by atoms with Crippen LogP contribution in [-0.4, -0.2) is 73.7 Å². The van der Waals surface area contributed by atoms with E-state index < -0.39 is 0 Å². The Bertz CT molecular complexity index is 1790. The van der Waals surface area contributed by atoms with Crippen molar-refractivity contribution < 1.29 is 9.53 Å². The number of aryl methyl sites for hydroxylation is 2. The molecule has 0 spiro atoms. The number of benzene rings is 2. The lowest BCUT2D eigenvalue weighted by atomic mass is 10.1. The highest BCUT2D eigenvalue weighted by atomic mass is 16.5. The van der Waals surface area contributed by atoms with Crippen LogP contribution < -0.4 is 10.1 Å². The number of piperazine rings is 1. The van der Waals surface area contributed by atoms with Crippen molar-refractivity contribution in [2.75, 3.05) is 38.5 Å². The van der Waals surface area contributed by atoms with E-state index in [2.05, 4.69) is 59.1 Å². The molecule has 0 aliphatic carbocycles. The number of nitrogens with zero attached hydrogens (tertiary/aromatic N) is 7. The first-order valence-corrected chi connectivity index (χ1v) is 15.0. The lowest BCUT2D eigenvalue weighted by Gasteiger charge is -2.32. The molecular formula is C34H38N8O2. The summed E-state index contributed by atoms with van der Waals surface area (Å²) in [4.78, 5) is 31.9. The number of amides is 1. The zero-order valence-corrected chi connectivity index (χ0v) is 25.9. The SMILES string of the molecule is Cc1cc(NC(=O)c2ccc(C)c(Oc3nc(-c4ccncc4)nc4c3cnn4C(C)C)c2)ccc1CN1CCN(C)CC1. The number of pyridine rings is 1. The summed E-state index contributed by atoms with van der Waals surface area (Å²) in [6, 6.07) is 15.4. The fraction of sp³-hybridized carbons (Fsp3) is 0.324. The Labute approximate surface area is 257 Å². The highest BCUT2D eigenvalue weighted by molar-refractivity contribution is 6.04. The number of fused-ring (bicyclic) bond motifs is 1. The van der Waals surface area contributed by atoms with Crippen molar-refractivity contribution in [3.05, 3.63) is 89.4 Å². The van der Waals surface area contributed by atoms with Crippen LogP contribution in [0.1, 0.15) is 46.9 Å². The van der Waals surface area contributed by atoms with Gasteiger partial charge in [0.25, 0.3) is 5.91 Å². The zero-order chi connectivity index (χ0) is 30.8. The van der Waals surface area contributed by atoms with Crippen LogP contribution in [0.2, 0.25) is 0 Å². The molecule has 0 bridgehead atoms. The van der Waals surface area contributed by atoms with Gasteiger partial charge in [-0.05, 0) is 87.8 Å². The van der Waals surface area contributed by atoms with Crippen molar-refractivity contribution >= 4 is 22.6 Å². The normalized spacial score (nSPS) is 14.3. The first-order valence-electron chi connectivity index (χ1n) is 15.0. The summed E-state index contributed by atoms with van der Waals surface area (Å²) < 4.78 is 8.28. The molecule has 6 rings (SSSR count). The molecule has 10 nitrogen and oxygen atoms in total. The molecule has 3 aromatic heterocycles. The highest BCUT2D eigenvalue weighted by Crippen LogP contribution is 2.33. The number of anilines is 1. The molecule has 1 aliphatic heterocycles. The van der Waals surface area contributed by atoms with Gasteiger partial charge in [-0.25, -0.2) is 9.67 Å². The lowest BCUT2D eigenvalue weighted by Crippen LogP contribution is -2.43. The van der Waals surface area contributed by atoms with E-state index >= 15 is 0 Å². The van der Waals surface area contributed by atoms with Gasteiger partial charge in [0.05, 0.1) is 6.20 Å². The Morgan fingerprint density at radius 3 is 2.45 bits per heavy atom. The van der Waals surface area contributed by atoms with E-state index in [4.69, 9.17) is 14.7 Å². The van der Waals surface area contributed by atoms with E-state index in [1.165, 1.54) is 5.56 Å². The molecule has 0 atom stereocenters. The molecule has 5 aromatic rings. The molecule has 226 valence electrons. The van der Waals surface area contributed by atoms with E-state index in [0.717, 1.165) is 55.1 Å². The van der Waals surface area contributed by atoms with Crippen LogP contribution >= 0.6 is 0 Å². The minimum Gasteiger partial charge on any atom is -0.438 e. The van der Waals surface area contributed by atoms with Crippen LogP contribution in [0.5, 0.6) is 11.6 Å². The van der Waals surface area contributed by atoms with Gasteiger partial charge in [0.15, 0.2) is 11.5 Å². The van der Waals surface area contributed by atoms with Crippen molar-refractivity contribution in [2.45, 2.75) is 40.3 Å². The minimum atomic E-state index is -0.209. The summed E-state index contributed by atoms with van der Waals surface area (Å²) >= 11 is 0. The molecule has 10 heteroatoms. The van der Waals surface area contributed by atoms with Crippen molar-refractivity contribution in [1.29, 1.82) is 0 Å². The number of hydrogen-bond donors (Lipinski definition) is 1. The molecule has 44 heavy (non-hydrogen) atoms. The molecule has 1 saturated heterocycles. The summed E-state index contributed by atoms with van der Waals surface area (Å²) in [5.74, 6) is 1.21. The maximum atomic E-state index is 13.4. The maximum absolute atomic E-state index is 13.4. The van der Waals surface area contributed by atoms with Gasteiger partial charge in [0.1, 0.15) is 11.1 Å². The number of carbonyl (C=O) groups excluding carboxylic acids is 1. The van der Waals surface area contributed by atoms with Gasteiger partial charge < -0.3 is 15.0 Å². The number of carbonyl (C=O) groups is 1. The van der Waals surface area contributed by atoms with Gasteiger partial charge in [-0.2, -0.15) is 10.1 Å². The van der Waals surface area contributed by atoms with Crippen molar-refractivity contribution in [2.24, 2.45) is 0 Å². The highest BCUT2D eigenvalue weighted by Gasteiger charge is 2.19. The van der Waals surface area contributed by atoms with E-state index in [0.29, 0.717) is 34.1 Å². The smallest absolute Gasteiger partial charge is 0.255 e. The molecule has 1 amide bonds. The van der Waals surface area contributed by atoms with Crippen LogP contribution in [-0.2, 0) is 6.54 Å². The van der Waals surface area contributed by atoms with E-state index in [9.17, 15) is 4.79 Å². The number of hydrogen-bond acceptors (Lipinski definition) is 8. The fourth-order valence-corrected chi connectivity index (χ4v) is 5.34. The molecule has 0 saturated carbocycles. The summed E-state index contributed by atoms with van der Waals surface area (Å²) in [6.07, 6.45) is 5.14. The summed E-state index contributed by atoms with van der Waals surface area (Å²) in [5.41, 5.74) is 6.06. The first-order chi connectivity index (χ1) is 21.2. The maximum Gasteiger partial charge on any atom is 0.255 e. The third-order valence-corrected chi connectivity index (χ3v) is 8.09. The average Bonchev–Trinajstić information content (AvgIpc) is 3.46. The number of rotatable bonds is 8. The largest absolute Gasteiger partial charge is 0.438 e. The Kier molecular flexibility index (Phi) is 8.36.